The third kappa shape index (κ3) is 11.4. The van der Waals surface area contributed by atoms with Crippen molar-refractivity contribution >= 4 is 23.8 Å². The fraction of sp³-hybridized carbons (Fsp3) is 0.600. The molecule has 10 N–H and O–H groups in total. The molecule has 21 heavy (non-hydrogen) atoms. The molecule has 11 heteroatoms. The molecule has 11 nitrogen and oxygen atoms in total. The molecule has 0 saturated carbocycles. The Morgan fingerprint density at radius 3 is 1.76 bits per heavy atom. The Morgan fingerprint density at radius 2 is 1.52 bits per heavy atom. The first-order valence-electron chi connectivity index (χ1n) is 5.67. The van der Waals surface area contributed by atoms with E-state index in [-0.39, 0.29) is 6.42 Å². The minimum atomic E-state index is -1.23. The largest absolute Gasteiger partial charge is 0.480 e. The minimum Gasteiger partial charge on any atom is -0.480 e. The van der Waals surface area contributed by atoms with Crippen molar-refractivity contribution in [2.75, 3.05) is 6.61 Å². The van der Waals surface area contributed by atoms with E-state index in [0.29, 0.717) is 0 Å². The third-order valence-corrected chi connectivity index (χ3v) is 1.81. The maximum Gasteiger partial charge on any atom is 0.331 e. The SMILES string of the molecule is C[C@H](N)C(=O)OC(=O)[C@@H](N)CC(N)=O.N[C@@H](CO)C(=O)O. The first kappa shape index (κ1) is 21.2. The molecule has 0 heterocycles. The van der Waals surface area contributed by atoms with E-state index >= 15 is 0 Å². The first-order valence-corrected chi connectivity index (χ1v) is 5.67. The predicted molar refractivity (Wildman–Crippen MR) is 69.2 cm³/mol. The highest BCUT2D eigenvalue weighted by atomic mass is 16.6. The highest BCUT2D eigenvalue weighted by Crippen LogP contribution is 1.93. The van der Waals surface area contributed by atoms with E-state index in [9.17, 15) is 19.2 Å². The van der Waals surface area contributed by atoms with Gasteiger partial charge in [-0.05, 0) is 6.92 Å². The van der Waals surface area contributed by atoms with Crippen LogP contribution in [0.2, 0.25) is 0 Å². The summed E-state index contributed by atoms with van der Waals surface area (Å²) in [4.78, 5) is 41.8. The van der Waals surface area contributed by atoms with Gasteiger partial charge >= 0.3 is 17.9 Å². The molecule has 0 aromatic heterocycles. The van der Waals surface area contributed by atoms with Crippen LogP contribution in [0.3, 0.4) is 0 Å². The van der Waals surface area contributed by atoms with E-state index in [1.807, 2.05) is 0 Å². The summed E-state index contributed by atoms with van der Waals surface area (Å²) in [5.41, 5.74) is 19.9. The van der Waals surface area contributed by atoms with E-state index in [1.54, 1.807) is 0 Å². The van der Waals surface area contributed by atoms with Crippen molar-refractivity contribution < 1.29 is 34.1 Å². The number of esters is 2. The first-order chi connectivity index (χ1) is 9.52. The summed E-state index contributed by atoms with van der Waals surface area (Å²) in [5, 5.41) is 15.9. The molecule has 0 aliphatic heterocycles. The summed E-state index contributed by atoms with van der Waals surface area (Å²) in [6.07, 6.45) is -0.370. The molecule has 0 spiro atoms. The van der Waals surface area contributed by atoms with Gasteiger partial charge in [-0.1, -0.05) is 0 Å². The van der Waals surface area contributed by atoms with Crippen molar-refractivity contribution in [1.82, 2.24) is 0 Å². The molecular formula is C10H20N4O7. The van der Waals surface area contributed by atoms with E-state index in [1.165, 1.54) is 6.92 Å². The van der Waals surface area contributed by atoms with Gasteiger partial charge in [0, 0.05) is 0 Å². The van der Waals surface area contributed by atoms with Crippen LogP contribution in [-0.2, 0) is 23.9 Å². The molecule has 0 rings (SSSR count). The van der Waals surface area contributed by atoms with Gasteiger partial charge in [-0.25, -0.2) is 9.59 Å². The van der Waals surface area contributed by atoms with E-state index in [0.717, 1.165) is 0 Å². The molecule has 0 unspecified atom stereocenters. The number of primary amides is 1. The van der Waals surface area contributed by atoms with Crippen LogP contribution in [0.5, 0.6) is 0 Å². The van der Waals surface area contributed by atoms with Crippen LogP contribution in [0, 0.1) is 0 Å². The fourth-order valence-electron chi connectivity index (χ4n) is 0.646. The number of carboxylic acids is 1. The van der Waals surface area contributed by atoms with Crippen LogP contribution in [0.4, 0.5) is 0 Å². The van der Waals surface area contributed by atoms with Crippen molar-refractivity contribution in [2.24, 2.45) is 22.9 Å². The quantitative estimate of drug-likeness (QED) is 0.206. The lowest BCUT2D eigenvalue weighted by Gasteiger charge is -2.09. The monoisotopic (exact) mass is 308 g/mol. The molecule has 1 amide bonds. The van der Waals surface area contributed by atoms with Gasteiger partial charge in [0.25, 0.3) is 0 Å². The van der Waals surface area contributed by atoms with Crippen molar-refractivity contribution in [3.63, 3.8) is 0 Å². The van der Waals surface area contributed by atoms with E-state index in [2.05, 4.69) is 4.74 Å². The number of hydrogen-bond donors (Lipinski definition) is 6. The third-order valence-electron chi connectivity index (χ3n) is 1.81. The Labute approximate surface area is 120 Å². The number of nitrogens with two attached hydrogens (primary N) is 4. The number of carbonyl (C=O) groups excluding carboxylic acids is 3. The topological polar surface area (TPSA) is 222 Å². The zero-order chi connectivity index (χ0) is 17.2. The predicted octanol–water partition coefficient (Wildman–Crippen LogP) is -4.00. The normalized spacial score (nSPS) is 14.0. The number of amides is 1. The highest BCUT2D eigenvalue weighted by molar-refractivity contribution is 5.92. The van der Waals surface area contributed by atoms with Gasteiger partial charge in [0.15, 0.2) is 0 Å². The number of hydrogen-bond acceptors (Lipinski definition) is 9. The molecule has 0 bridgehead atoms. The lowest BCUT2D eigenvalue weighted by atomic mass is 10.2. The zero-order valence-corrected chi connectivity index (χ0v) is 11.4. The Kier molecular flexibility index (Phi) is 10.8. The summed E-state index contributed by atoms with van der Waals surface area (Å²) in [5.74, 6) is -3.83. The summed E-state index contributed by atoms with van der Waals surface area (Å²) < 4.78 is 4.24. The lowest BCUT2D eigenvalue weighted by Crippen LogP contribution is -2.40. The lowest BCUT2D eigenvalue weighted by molar-refractivity contribution is -0.161. The van der Waals surface area contributed by atoms with Crippen LogP contribution in [0.15, 0.2) is 0 Å². The van der Waals surface area contributed by atoms with Crippen LogP contribution in [0.1, 0.15) is 13.3 Å². The van der Waals surface area contributed by atoms with Gasteiger partial charge in [0.05, 0.1) is 13.0 Å². The molecule has 0 aromatic rings. The second-order valence-corrected chi connectivity index (χ2v) is 3.93. The Morgan fingerprint density at radius 1 is 1.05 bits per heavy atom. The van der Waals surface area contributed by atoms with Crippen LogP contribution >= 0.6 is 0 Å². The number of carboxylic acid groups (broad SMARTS) is 1. The number of aliphatic hydroxyl groups excluding tert-OH is 1. The van der Waals surface area contributed by atoms with Gasteiger partial charge in [0.1, 0.15) is 18.1 Å². The molecule has 0 radical (unpaired) electrons. The number of aliphatic hydroxyl groups is 1. The standard InChI is InChI=1S/C7H13N3O4.C3H7NO3/c1-3(8)6(12)14-7(13)4(9)2-5(10)11;4-2(1-5)3(6)7/h3-4H,2,8-9H2,1H3,(H2,10,11);2,5H,1,4H2,(H,6,7)/t3-,4-;2-/m00/s1. The molecule has 0 fully saturated rings. The Hall–Kier alpha value is -2.08. The molecule has 0 saturated heterocycles. The summed E-state index contributed by atoms with van der Waals surface area (Å²) in [6.45, 7) is 0.852. The van der Waals surface area contributed by atoms with Gasteiger partial charge in [-0.2, -0.15) is 0 Å². The maximum absolute atomic E-state index is 11.0. The van der Waals surface area contributed by atoms with Crippen LogP contribution in [-0.4, -0.2) is 58.8 Å². The highest BCUT2D eigenvalue weighted by Gasteiger charge is 2.22. The van der Waals surface area contributed by atoms with E-state index in [4.69, 9.17) is 33.1 Å². The fourth-order valence-corrected chi connectivity index (χ4v) is 0.646. The van der Waals surface area contributed by atoms with Crippen molar-refractivity contribution in [2.45, 2.75) is 31.5 Å². The van der Waals surface area contributed by atoms with Gasteiger partial charge in [0.2, 0.25) is 5.91 Å². The molecule has 122 valence electrons. The molecule has 0 aliphatic carbocycles. The number of aliphatic carboxylic acids is 1. The average Bonchev–Trinajstić information content (AvgIpc) is 2.37. The molecular weight excluding hydrogens is 288 g/mol. The number of rotatable bonds is 6. The molecule has 0 aliphatic rings. The summed E-state index contributed by atoms with van der Waals surface area (Å²) in [6, 6.07) is -3.27. The van der Waals surface area contributed by atoms with Crippen molar-refractivity contribution in [3.8, 4) is 0 Å². The number of carbonyl (C=O) groups is 4. The van der Waals surface area contributed by atoms with Gasteiger partial charge < -0.3 is 37.9 Å². The average molecular weight is 308 g/mol. The second-order valence-electron chi connectivity index (χ2n) is 3.93. The van der Waals surface area contributed by atoms with Crippen LogP contribution in [0.25, 0.3) is 0 Å². The zero-order valence-electron chi connectivity index (χ0n) is 11.4. The van der Waals surface area contributed by atoms with Crippen molar-refractivity contribution in [3.05, 3.63) is 0 Å². The minimum absolute atomic E-state index is 0.370. The molecule has 0 aromatic carbocycles. The van der Waals surface area contributed by atoms with Gasteiger partial charge in [-0.3, -0.25) is 9.59 Å². The van der Waals surface area contributed by atoms with Crippen LogP contribution < -0.4 is 22.9 Å². The summed E-state index contributed by atoms with van der Waals surface area (Å²) >= 11 is 0. The Balaban J connectivity index is 0. The smallest absolute Gasteiger partial charge is 0.331 e. The number of ether oxygens (including phenoxy) is 1. The van der Waals surface area contributed by atoms with Crippen molar-refractivity contribution in [1.29, 1.82) is 0 Å². The second kappa shape index (κ2) is 10.7. The molecule has 3 atom stereocenters. The Bertz CT molecular complexity index is 386. The maximum atomic E-state index is 11.0. The summed E-state index contributed by atoms with van der Waals surface area (Å²) in [7, 11) is 0. The van der Waals surface area contributed by atoms with E-state index < -0.39 is 48.5 Å². The van der Waals surface area contributed by atoms with Gasteiger partial charge in [-0.15, -0.1) is 0 Å².